The van der Waals surface area contributed by atoms with Crippen LogP contribution in [0.15, 0.2) is 12.7 Å². The van der Waals surface area contributed by atoms with E-state index in [2.05, 4.69) is 11.9 Å². The van der Waals surface area contributed by atoms with E-state index in [0.29, 0.717) is 31.5 Å². The molecule has 1 heterocycles. The first kappa shape index (κ1) is 22.6. The number of halogens is 1. The van der Waals surface area contributed by atoms with E-state index in [-0.39, 0.29) is 29.2 Å². The molecule has 0 aromatic carbocycles. The predicted molar refractivity (Wildman–Crippen MR) is 116 cm³/mol. The molecule has 1 N–H and O–H groups in total. The number of hydrogen-bond donors (Lipinski definition) is 1. The minimum absolute atomic E-state index is 0.0108. The van der Waals surface area contributed by atoms with Crippen LogP contribution in [0, 0.1) is 23.7 Å². The third-order valence-corrected chi connectivity index (χ3v) is 7.97. The number of rotatable bonds is 6. The molecule has 0 aromatic heterocycles. The number of nitrogens with one attached hydrogen (secondary N) is 1. The molecule has 5 nitrogen and oxygen atoms in total. The van der Waals surface area contributed by atoms with Crippen LogP contribution in [0.4, 0.5) is 0 Å². The Morgan fingerprint density at radius 1 is 1.14 bits per heavy atom. The Bertz CT molecular complexity index is 570. The lowest BCUT2D eigenvalue weighted by Gasteiger charge is -2.43. The fraction of sp³-hybridized carbons (Fsp3) is 0.826. The van der Waals surface area contributed by atoms with Crippen LogP contribution in [0.5, 0.6) is 0 Å². The summed E-state index contributed by atoms with van der Waals surface area (Å²) in [4.78, 5) is 26.2. The maximum absolute atomic E-state index is 12.7. The molecule has 2 aliphatic carbocycles. The van der Waals surface area contributed by atoms with Crippen molar-refractivity contribution in [2.75, 3.05) is 26.7 Å². The van der Waals surface area contributed by atoms with Crippen molar-refractivity contribution >= 4 is 23.4 Å². The summed E-state index contributed by atoms with van der Waals surface area (Å²) in [6.07, 6.45) is 11.4. The minimum Gasteiger partial charge on any atom is -0.381 e. The molecule has 2 saturated carbocycles. The van der Waals surface area contributed by atoms with Crippen molar-refractivity contribution in [1.82, 2.24) is 10.2 Å². The standard InChI is InChI=1S/C23H37ClN2O3/c1-3-22(27)26-11-9-17(10-12-26)23(28)25-15-18-13-19(16-7-5-4-6-8-16)20(24)14-21(18)29-2/h3,16-21H,1,4-15H2,2H3,(H,25,28). The maximum atomic E-state index is 12.7. The van der Waals surface area contributed by atoms with Crippen LogP contribution in [-0.4, -0.2) is 54.9 Å². The SMILES string of the molecule is C=CC(=O)N1CCC(C(=O)NCC2CC(C3CCCCC3)C(Cl)CC2OC)CC1. The number of methoxy groups -OCH3 is 1. The summed E-state index contributed by atoms with van der Waals surface area (Å²) in [6, 6.07) is 0. The van der Waals surface area contributed by atoms with E-state index >= 15 is 0 Å². The summed E-state index contributed by atoms with van der Waals surface area (Å²) < 4.78 is 5.75. The van der Waals surface area contributed by atoms with Crippen molar-refractivity contribution in [3.05, 3.63) is 12.7 Å². The van der Waals surface area contributed by atoms with Crippen molar-refractivity contribution in [2.45, 2.75) is 69.3 Å². The molecule has 0 radical (unpaired) electrons. The Balaban J connectivity index is 1.50. The molecule has 3 aliphatic rings. The van der Waals surface area contributed by atoms with Gasteiger partial charge < -0.3 is 15.0 Å². The zero-order chi connectivity index (χ0) is 20.8. The molecule has 1 aliphatic heterocycles. The molecule has 3 rings (SSSR count). The lowest BCUT2D eigenvalue weighted by atomic mass is 9.69. The largest absolute Gasteiger partial charge is 0.381 e. The summed E-state index contributed by atoms with van der Waals surface area (Å²) in [6.45, 7) is 5.46. The maximum Gasteiger partial charge on any atom is 0.245 e. The van der Waals surface area contributed by atoms with Gasteiger partial charge in [0.05, 0.1) is 6.10 Å². The monoisotopic (exact) mass is 424 g/mol. The summed E-state index contributed by atoms with van der Waals surface area (Å²) in [5.41, 5.74) is 0. The van der Waals surface area contributed by atoms with Crippen LogP contribution in [0.1, 0.15) is 57.8 Å². The number of piperidine rings is 1. The highest BCUT2D eigenvalue weighted by Crippen LogP contribution is 2.43. The van der Waals surface area contributed by atoms with Gasteiger partial charge in [-0.15, -0.1) is 11.6 Å². The van der Waals surface area contributed by atoms with E-state index in [1.54, 1.807) is 12.0 Å². The van der Waals surface area contributed by atoms with Crippen molar-refractivity contribution in [3.63, 3.8) is 0 Å². The molecule has 1 saturated heterocycles. The van der Waals surface area contributed by atoms with Gasteiger partial charge in [-0.3, -0.25) is 9.59 Å². The Morgan fingerprint density at radius 3 is 2.45 bits per heavy atom. The topological polar surface area (TPSA) is 58.6 Å². The highest BCUT2D eigenvalue weighted by atomic mass is 35.5. The fourth-order valence-corrected chi connectivity index (χ4v) is 6.14. The summed E-state index contributed by atoms with van der Waals surface area (Å²) in [7, 11) is 1.76. The molecule has 3 fully saturated rings. The van der Waals surface area contributed by atoms with Gasteiger partial charge in [0.1, 0.15) is 0 Å². The van der Waals surface area contributed by atoms with Crippen LogP contribution in [0.25, 0.3) is 0 Å². The zero-order valence-electron chi connectivity index (χ0n) is 17.8. The Kier molecular flexibility index (Phi) is 8.43. The van der Waals surface area contributed by atoms with E-state index < -0.39 is 0 Å². The highest BCUT2D eigenvalue weighted by Gasteiger charge is 2.40. The molecular weight excluding hydrogens is 388 g/mol. The second kappa shape index (κ2) is 10.8. The average Bonchev–Trinajstić information content (AvgIpc) is 2.77. The molecule has 29 heavy (non-hydrogen) atoms. The molecule has 0 spiro atoms. The number of carbonyl (C=O) groups is 2. The molecule has 4 unspecified atom stereocenters. The predicted octanol–water partition coefficient (Wildman–Crippen LogP) is 3.76. The number of amides is 2. The van der Waals surface area contributed by atoms with Crippen molar-refractivity contribution in [3.8, 4) is 0 Å². The number of ether oxygens (including phenoxy) is 1. The first-order valence-corrected chi connectivity index (χ1v) is 11.8. The fourth-order valence-electron chi connectivity index (χ4n) is 5.66. The second-order valence-electron chi connectivity index (χ2n) is 9.13. The summed E-state index contributed by atoms with van der Waals surface area (Å²) in [5.74, 6) is 1.66. The number of alkyl halides is 1. The van der Waals surface area contributed by atoms with E-state index in [0.717, 1.165) is 31.6 Å². The number of hydrogen-bond acceptors (Lipinski definition) is 3. The number of nitrogens with zero attached hydrogens (tertiary/aromatic N) is 1. The van der Waals surface area contributed by atoms with Gasteiger partial charge in [-0.25, -0.2) is 0 Å². The van der Waals surface area contributed by atoms with Gasteiger partial charge in [0.15, 0.2) is 0 Å². The molecule has 6 heteroatoms. The zero-order valence-corrected chi connectivity index (χ0v) is 18.5. The Morgan fingerprint density at radius 2 is 1.83 bits per heavy atom. The molecule has 2 amide bonds. The first-order chi connectivity index (χ1) is 14.0. The van der Waals surface area contributed by atoms with E-state index in [1.165, 1.54) is 38.2 Å². The molecule has 164 valence electrons. The van der Waals surface area contributed by atoms with Crippen LogP contribution >= 0.6 is 11.6 Å². The van der Waals surface area contributed by atoms with E-state index in [4.69, 9.17) is 16.3 Å². The molecule has 4 atom stereocenters. The molecule has 0 bridgehead atoms. The van der Waals surface area contributed by atoms with Gasteiger partial charge in [0.2, 0.25) is 11.8 Å². The lowest BCUT2D eigenvalue weighted by molar-refractivity contribution is -0.132. The second-order valence-corrected chi connectivity index (χ2v) is 9.69. The van der Waals surface area contributed by atoms with Crippen molar-refractivity contribution in [1.29, 1.82) is 0 Å². The van der Waals surface area contributed by atoms with E-state index in [9.17, 15) is 9.59 Å². The van der Waals surface area contributed by atoms with Gasteiger partial charge in [-0.05, 0) is 43.6 Å². The third-order valence-electron chi connectivity index (χ3n) is 7.47. The van der Waals surface area contributed by atoms with Gasteiger partial charge in [0, 0.05) is 44.0 Å². The highest BCUT2D eigenvalue weighted by molar-refractivity contribution is 6.20. The number of likely N-dealkylation sites (tertiary alicyclic amines) is 1. The van der Waals surface area contributed by atoms with Crippen LogP contribution in [0.2, 0.25) is 0 Å². The van der Waals surface area contributed by atoms with Gasteiger partial charge >= 0.3 is 0 Å². The van der Waals surface area contributed by atoms with Gasteiger partial charge in [-0.1, -0.05) is 38.7 Å². The van der Waals surface area contributed by atoms with Crippen LogP contribution < -0.4 is 5.32 Å². The quantitative estimate of drug-likeness (QED) is 0.521. The van der Waals surface area contributed by atoms with Gasteiger partial charge in [-0.2, -0.15) is 0 Å². The van der Waals surface area contributed by atoms with Crippen LogP contribution in [-0.2, 0) is 14.3 Å². The van der Waals surface area contributed by atoms with Crippen molar-refractivity contribution < 1.29 is 14.3 Å². The van der Waals surface area contributed by atoms with Gasteiger partial charge in [0.25, 0.3) is 0 Å². The third kappa shape index (κ3) is 5.75. The normalized spacial score (nSPS) is 32.0. The minimum atomic E-state index is -0.0432. The summed E-state index contributed by atoms with van der Waals surface area (Å²) in [5, 5.41) is 3.38. The molecule has 0 aromatic rings. The Labute approximate surface area is 180 Å². The average molecular weight is 425 g/mol. The Hall–Kier alpha value is -1.07. The first-order valence-electron chi connectivity index (χ1n) is 11.4. The smallest absolute Gasteiger partial charge is 0.245 e. The van der Waals surface area contributed by atoms with Crippen molar-refractivity contribution in [2.24, 2.45) is 23.7 Å². The lowest BCUT2D eigenvalue weighted by Crippen LogP contribution is -2.47. The van der Waals surface area contributed by atoms with Crippen LogP contribution in [0.3, 0.4) is 0 Å². The van der Waals surface area contributed by atoms with E-state index in [1.807, 2.05) is 0 Å². The number of carbonyl (C=O) groups excluding carboxylic acids is 2. The summed E-state index contributed by atoms with van der Waals surface area (Å²) >= 11 is 6.78. The molecular formula is C23H37ClN2O3.